The minimum absolute atomic E-state index is 0.240. The van der Waals surface area contributed by atoms with Crippen molar-refractivity contribution in [1.29, 1.82) is 0 Å². The van der Waals surface area contributed by atoms with Crippen molar-refractivity contribution >= 4 is 5.91 Å². The Kier molecular flexibility index (Phi) is 3.77. The smallest absolute Gasteiger partial charge is 0.228 e. The molecule has 0 spiro atoms. The Morgan fingerprint density at radius 2 is 2.00 bits per heavy atom. The molecule has 0 aromatic heterocycles. The number of nitrogens with zero attached hydrogens (tertiary/aromatic N) is 1. The van der Waals surface area contributed by atoms with Crippen molar-refractivity contribution in [3.05, 3.63) is 0 Å². The van der Waals surface area contributed by atoms with Crippen molar-refractivity contribution in [2.75, 3.05) is 19.8 Å². The Morgan fingerprint density at radius 1 is 1.40 bits per heavy atom. The Bertz CT molecular complexity index is 230. The third-order valence-corrected chi connectivity index (χ3v) is 2.84. The lowest BCUT2D eigenvalue weighted by atomic mass is 9.92. The number of hydrogen-bond acceptors (Lipinski definition) is 2. The van der Waals surface area contributed by atoms with E-state index in [2.05, 4.69) is 13.8 Å². The second-order valence-corrected chi connectivity index (χ2v) is 5.63. The fraction of sp³-hybridized carbons (Fsp3) is 0.917. The molecule has 1 atom stereocenters. The van der Waals surface area contributed by atoms with Crippen LogP contribution >= 0.6 is 0 Å². The molecule has 1 saturated heterocycles. The van der Waals surface area contributed by atoms with Crippen molar-refractivity contribution in [2.24, 2.45) is 11.3 Å². The molecule has 0 N–H and O–H groups in total. The molecule has 0 aromatic carbocycles. The minimum Gasteiger partial charge on any atom is -0.377 e. The molecule has 0 bridgehead atoms. The number of rotatable bonds is 1. The molecule has 0 aromatic rings. The van der Waals surface area contributed by atoms with Crippen molar-refractivity contribution in [1.82, 2.24) is 4.90 Å². The molecule has 1 rings (SSSR count). The van der Waals surface area contributed by atoms with E-state index in [4.69, 9.17) is 4.74 Å². The summed E-state index contributed by atoms with van der Waals surface area (Å²) in [5.41, 5.74) is -0.287. The van der Waals surface area contributed by atoms with Gasteiger partial charge in [-0.05, 0) is 5.92 Å². The number of carbonyl (C=O) groups is 1. The topological polar surface area (TPSA) is 29.5 Å². The highest BCUT2D eigenvalue weighted by atomic mass is 16.5. The van der Waals surface area contributed by atoms with E-state index in [1.165, 1.54) is 0 Å². The summed E-state index contributed by atoms with van der Waals surface area (Å²) in [7, 11) is 0. The third-order valence-electron chi connectivity index (χ3n) is 2.84. The molecule has 0 aliphatic carbocycles. The first kappa shape index (κ1) is 12.5. The fourth-order valence-corrected chi connectivity index (χ4v) is 1.86. The van der Waals surface area contributed by atoms with Crippen LogP contribution in [-0.2, 0) is 9.53 Å². The van der Waals surface area contributed by atoms with Crippen LogP contribution in [0.5, 0.6) is 0 Å². The monoisotopic (exact) mass is 213 g/mol. The molecule has 1 fully saturated rings. The Hall–Kier alpha value is -0.570. The summed E-state index contributed by atoms with van der Waals surface area (Å²) in [5, 5.41) is 0. The molecular weight excluding hydrogens is 190 g/mol. The second-order valence-electron chi connectivity index (χ2n) is 5.63. The van der Waals surface area contributed by atoms with E-state index in [1.54, 1.807) is 0 Å². The maximum absolute atomic E-state index is 12.2. The minimum atomic E-state index is -0.287. The van der Waals surface area contributed by atoms with Gasteiger partial charge < -0.3 is 9.64 Å². The van der Waals surface area contributed by atoms with E-state index in [0.717, 1.165) is 6.54 Å². The highest BCUT2D eigenvalue weighted by Gasteiger charge is 2.35. The van der Waals surface area contributed by atoms with Gasteiger partial charge in [0.05, 0.1) is 19.3 Å². The van der Waals surface area contributed by atoms with E-state index >= 15 is 0 Å². The first-order valence-electron chi connectivity index (χ1n) is 5.73. The number of carbonyl (C=O) groups excluding carboxylic acids is 1. The van der Waals surface area contributed by atoms with E-state index in [-0.39, 0.29) is 17.4 Å². The lowest BCUT2D eigenvalue weighted by Crippen LogP contribution is -2.54. The number of ether oxygens (including phenoxy) is 1. The van der Waals surface area contributed by atoms with Crippen molar-refractivity contribution in [2.45, 2.75) is 40.7 Å². The summed E-state index contributed by atoms with van der Waals surface area (Å²) in [4.78, 5) is 14.2. The molecule has 1 amide bonds. The van der Waals surface area contributed by atoms with Crippen molar-refractivity contribution in [3.8, 4) is 0 Å². The zero-order valence-corrected chi connectivity index (χ0v) is 10.5. The van der Waals surface area contributed by atoms with Crippen molar-refractivity contribution in [3.63, 3.8) is 0 Å². The number of amides is 1. The van der Waals surface area contributed by atoms with Gasteiger partial charge in [-0.15, -0.1) is 0 Å². The van der Waals surface area contributed by atoms with Crippen LogP contribution in [0, 0.1) is 11.3 Å². The quantitative estimate of drug-likeness (QED) is 0.666. The molecule has 88 valence electrons. The first-order valence-corrected chi connectivity index (χ1v) is 5.73. The molecule has 3 heteroatoms. The average Bonchev–Trinajstić information content (AvgIpc) is 2.15. The van der Waals surface area contributed by atoms with Crippen LogP contribution in [0.25, 0.3) is 0 Å². The molecule has 0 unspecified atom stereocenters. The maximum Gasteiger partial charge on any atom is 0.228 e. The van der Waals surface area contributed by atoms with Gasteiger partial charge in [-0.2, -0.15) is 0 Å². The third kappa shape index (κ3) is 2.94. The van der Waals surface area contributed by atoms with Crippen LogP contribution in [0.15, 0.2) is 0 Å². The largest absolute Gasteiger partial charge is 0.377 e. The van der Waals surface area contributed by atoms with Crippen LogP contribution in [-0.4, -0.2) is 36.6 Å². The van der Waals surface area contributed by atoms with Gasteiger partial charge in [-0.3, -0.25) is 4.79 Å². The highest BCUT2D eigenvalue weighted by molar-refractivity contribution is 5.82. The molecule has 1 heterocycles. The Morgan fingerprint density at radius 3 is 2.47 bits per heavy atom. The predicted octanol–water partition coefficient (Wildman–Crippen LogP) is 1.92. The summed E-state index contributed by atoms with van der Waals surface area (Å²) in [6.07, 6.45) is 0. The SMILES string of the molecule is CC(C)[C@@H]1COCCN1C(=O)C(C)(C)C. The molecule has 15 heavy (non-hydrogen) atoms. The normalized spacial score (nSPS) is 23.3. The maximum atomic E-state index is 12.2. The van der Waals surface area contributed by atoms with Gasteiger partial charge in [0.1, 0.15) is 0 Å². The van der Waals surface area contributed by atoms with Gasteiger partial charge in [0.25, 0.3) is 0 Å². The first-order chi connectivity index (χ1) is 6.84. The Balaban J connectivity index is 2.77. The van der Waals surface area contributed by atoms with Crippen LogP contribution in [0.4, 0.5) is 0 Å². The summed E-state index contributed by atoms with van der Waals surface area (Å²) in [6, 6.07) is 0.241. The lowest BCUT2D eigenvalue weighted by molar-refractivity contribution is -0.150. The number of hydrogen-bond donors (Lipinski definition) is 0. The standard InChI is InChI=1S/C12H23NO2/c1-9(2)10-8-15-7-6-13(10)11(14)12(3,4)5/h9-10H,6-8H2,1-5H3/t10-/m0/s1. The summed E-state index contributed by atoms with van der Waals surface area (Å²) < 4.78 is 5.44. The van der Waals surface area contributed by atoms with Crippen molar-refractivity contribution < 1.29 is 9.53 Å². The summed E-state index contributed by atoms with van der Waals surface area (Å²) in [6.45, 7) is 12.3. The van der Waals surface area contributed by atoms with Gasteiger partial charge in [0, 0.05) is 12.0 Å². The molecule has 1 aliphatic heterocycles. The van der Waals surface area contributed by atoms with Gasteiger partial charge >= 0.3 is 0 Å². The summed E-state index contributed by atoms with van der Waals surface area (Å²) in [5.74, 6) is 0.695. The molecule has 3 nitrogen and oxygen atoms in total. The average molecular weight is 213 g/mol. The molecule has 0 saturated carbocycles. The van der Waals surface area contributed by atoms with E-state index in [0.29, 0.717) is 19.1 Å². The van der Waals surface area contributed by atoms with Crippen LogP contribution < -0.4 is 0 Å². The van der Waals surface area contributed by atoms with E-state index < -0.39 is 0 Å². The van der Waals surface area contributed by atoms with Gasteiger partial charge in [0.15, 0.2) is 0 Å². The van der Waals surface area contributed by atoms with Gasteiger partial charge in [0.2, 0.25) is 5.91 Å². The lowest BCUT2D eigenvalue weighted by Gasteiger charge is -2.41. The zero-order valence-electron chi connectivity index (χ0n) is 10.5. The van der Waals surface area contributed by atoms with Crippen LogP contribution in [0.3, 0.4) is 0 Å². The predicted molar refractivity (Wildman–Crippen MR) is 60.6 cm³/mol. The Labute approximate surface area is 92.8 Å². The van der Waals surface area contributed by atoms with Crippen LogP contribution in [0.2, 0.25) is 0 Å². The van der Waals surface area contributed by atoms with E-state index in [1.807, 2.05) is 25.7 Å². The molecule has 1 aliphatic rings. The zero-order chi connectivity index (χ0) is 11.6. The van der Waals surface area contributed by atoms with Gasteiger partial charge in [-0.25, -0.2) is 0 Å². The van der Waals surface area contributed by atoms with Crippen LogP contribution in [0.1, 0.15) is 34.6 Å². The number of morpholine rings is 1. The molecule has 0 radical (unpaired) electrons. The fourth-order valence-electron chi connectivity index (χ4n) is 1.86. The van der Waals surface area contributed by atoms with Gasteiger partial charge in [-0.1, -0.05) is 34.6 Å². The summed E-state index contributed by atoms with van der Waals surface area (Å²) >= 11 is 0. The molecular formula is C12H23NO2. The highest BCUT2D eigenvalue weighted by Crippen LogP contribution is 2.23. The van der Waals surface area contributed by atoms with E-state index in [9.17, 15) is 4.79 Å². The second kappa shape index (κ2) is 4.52.